The summed E-state index contributed by atoms with van der Waals surface area (Å²) in [5, 5.41) is 2.39. The first-order chi connectivity index (χ1) is 20.0. The molecule has 0 amide bonds. The Morgan fingerprint density at radius 2 is 1.41 bits per heavy atom. The molecule has 5 heteroatoms. The number of carbonyl (C=O) groups is 2. The van der Waals surface area contributed by atoms with Gasteiger partial charge in [-0.05, 0) is 0 Å². The van der Waals surface area contributed by atoms with Gasteiger partial charge in [0.1, 0.15) is 0 Å². The van der Waals surface area contributed by atoms with Crippen molar-refractivity contribution in [2.45, 2.75) is 33.6 Å². The number of hydrogen-bond acceptors (Lipinski definition) is 4. The zero-order valence-electron chi connectivity index (χ0n) is 23.4. The van der Waals surface area contributed by atoms with Gasteiger partial charge in [-0.25, -0.2) is 0 Å². The van der Waals surface area contributed by atoms with Gasteiger partial charge in [0.25, 0.3) is 0 Å². The van der Waals surface area contributed by atoms with E-state index in [0.717, 1.165) is 33.4 Å². The molecule has 1 aliphatic carbocycles. The zero-order chi connectivity index (χ0) is 28.6. The van der Waals surface area contributed by atoms with Crippen LogP contribution in [0, 0.1) is 24.2 Å². The maximum atomic E-state index is 13.6. The summed E-state index contributed by atoms with van der Waals surface area (Å²) in [6.45, 7) is 6.08. The Morgan fingerprint density at radius 1 is 0.780 bits per heavy atom. The molecule has 1 aliphatic rings. The van der Waals surface area contributed by atoms with Gasteiger partial charge in [-0.2, -0.15) is 0 Å². The Hall–Kier alpha value is -4.10. The topological polar surface area (TPSA) is 52.6 Å². The van der Waals surface area contributed by atoms with E-state index in [9.17, 15) is 9.59 Å². The van der Waals surface area contributed by atoms with Crippen molar-refractivity contribution in [2.75, 3.05) is 13.2 Å². The summed E-state index contributed by atoms with van der Waals surface area (Å²) in [4.78, 5) is 27.2. The minimum atomic E-state index is -1.43. The molecule has 0 saturated heterocycles. The molecule has 4 nitrogen and oxygen atoms in total. The van der Waals surface area contributed by atoms with E-state index in [1.807, 2.05) is 48.5 Å². The number of hydrogen-bond donors (Lipinski definition) is 0. The number of rotatable bonds is 5. The molecule has 6 rings (SSSR count). The van der Waals surface area contributed by atoms with E-state index in [1.165, 1.54) is 24.9 Å². The van der Waals surface area contributed by atoms with Crippen LogP contribution in [0.1, 0.15) is 41.7 Å². The molecule has 41 heavy (non-hydrogen) atoms. The molecular formula is C36H30O4Se. The van der Waals surface area contributed by atoms with E-state index >= 15 is 0 Å². The number of carbonyl (C=O) groups excluding carboxylic acids is 2. The van der Waals surface area contributed by atoms with E-state index < -0.39 is 17.4 Å². The molecule has 0 atom stereocenters. The first kappa shape index (κ1) is 27.1. The molecule has 0 aliphatic heterocycles. The van der Waals surface area contributed by atoms with Crippen LogP contribution in [0.3, 0.4) is 0 Å². The quantitative estimate of drug-likeness (QED) is 0.0977. The van der Waals surface area contributed by atoms with Crippen molar-refractivity contribution in [3.8, 4) is 23.0 Å². The zero-order valence-corrected chi connectivity index (χ0v) is 25.1. The molecule has 5 aromatic rings. The first-order valence-corrected chi connectivity index (χ1v) is 15.7. The fourth-order valence-electron chi connectivity index (χ4n) is 5.93. The van der Waals surface area contributed by atoms with Crippen molar-refractivity contribution in [1.29, 1.82) is 0 Å². The van der Waals surface area contributed by atoms with E-state index in [-0.39, 0.29) is 40.6 Å². The van der Waals surface area contributed by atoms with Crippen LogP contribution in [-0.2, 0) is 31.9 Å². The SMILES string of the molecule is CCOC(=O)C1(C(=O)OCC)Cc2c(C#Cc3ccccc3)c(-c3ccccc3)c3c([se]c4c(C)cccc43)c2C1. The van der Waals surface area contributed by atoms with Gasteiger partial charge in [0.15, 0.2) is 0 Å². The normalized spacial score (nSPS) is 13.4. The minimum absolute atomic E-state index is 0.00835. The molecule has 1 aromatic heterocycles. The predicted octanol–water partition coefficient (Wildman–Crippen LogP) is 6.64. The molecule has 1 heterocycles. The summed E-state index contributed by atoms with van der Waals surface area (Å²) in [7, 11) is 0. The number of aryl methyl sites for hydroxylation is 1. The molecule has 0 saturated carbocycles. The van der Waals surface area contributed by atoms with Gasteiger partial charge in [0.05, 0.1) is 0 Å². The number of ether oxygens (including phenoxy) is 2. The Balaban J connectivity index is 1.74. The second-order valence-electron chi connectivity index (χ2n) is 10.3. The van der Waals surface area contributed by atoms with Gasteiger partial charge in [0, 0.05) is 0 Å². The van der Waals surface area contributed by atoms with Gasteiger partial charge in [0.2, 0.25) is 0 Å². The first-order valence-electron chi connectivity index (χ1n) is 13.9. The average molecular weight is 606 g/mol. The van der Waals surface area contributed by atoms with Gasteiger partial charge in [-0.3, -0.25) is 0 Å². The Kier molecular flexibility index (Phi) is 7.30. The van der Waals surface area contributed by atoms with E-state index in [4.69, 9.17) is 9.47 Å². The number of fused-ring (bicyclic) bond motifs is 5. The van der Waals surface area contributed by atoms with Gasteiger partial charge < -0.3 is 0 Å². The van der Waals surface area contributed by atoms with Crippen LogP contribution in [0.4, 0.5) is 0 Å². The van der Waals surface area contributed by atoms with E-state index in [0.29, 0.717) is 0 Å². The molecule has 0 fully saturated rings. The van der Waals surface area contributed by atoms with Gasteiger partial charge in [-0.1, -0.05) is 0 Å². The molecule has 0 spiro atoms. The summed E-state index contributed by atoms with van der Waals surface area (Å²) < 4.78 is 13.7. The molecular weight excluding hydrogens is 575 g/mol. The molecule has 204 valence electrons. The van der Waals surface area contributed by atoms with Crippen molar-refractivity contribution in [2.24, 2.45) is 5.41 Å². The third-order valence-electron chi connectivity index (χ3n) is 7.81. The maximum absolute atomic E-state index is 13.6. The van der Waals surface area contributed by atoms with Crippen LogP contribution in [0.15, 0.2) is 78.9 Å². The summed E-state index contributed by atoms with van der Waals surface area (Å²) in [6, 6.07) is 26.7. The van der Waals surface area contributed by atoms with Crippen LogP contribution < -0.4 is 0 Å². The van der Waals surface area contributed by atoms with E-state index in [2.05, 4.69) is 49.1 Å². The van der Waals surface area contributed by atoms with Crippen molar-refractivity contribution in [1.82, 2.24) is 0 Å². The van der Waals surface area contributed by atoms with Crippen LogP contribution in [0.2, 0.25) is 0 Å². The third kappa shape index (κ3) is 4.58. The molecule has 0 radical (unpaired) electrons. The van der Waals surface area contributed by atoms with Crippen LogP contribution in [0.25, 0.3) is 30.4 Å². The molecule has 4 aromatic carbocycles. The number of benzene rings is 4. The fourth-order valence-corrected chi connectivity index (χ4v) is 8.75. The van der Waals surface area contributed by atoms with E-state index in [1.54, 1.807) is 13.8 Å². The summed E-state index contributed by atoms with van der Waals surface area (Å²) in [5.41, 5.74) is 5.74. The molecule has 0 bridgehead atoms. The fraction of sp³-hybridized carbons (Fsp3) is 0.222. The van der Waals surface area contributed by atoms with Crippen molar-refractivity contribution in [3.05, 3.63) is 107 Å². The van der Waals surface area contributed by atoms with Crippen molar-refractivity contribution < 1.29 is 19.1 Å². The Morgan fingerprint density at radius 3 is 2.07 bits per heavy atom. The molecule has 0 N–H and O–H groups in total. The summed E-state index contributed by atoms with van der Waals surface area (Å²) in [5.74, 6) is 5.88. The Labute approximate surface area is 246 Å². The van der Waals surface area contributed by atoms with Crippen LogP contribution >= 0.6 is 0 Å². The predicted molar refractivity (Wildman–Crippen MR) is 164 cm³/mol. The summed E-state index contributed by atoms with van der Waals surface area (Å²) >= 11 is 0.00835. The average Bonchev–Trinajstić information content (AvgIpc) is 3.59. The monoisotopic (exact) mass is 606 g/mol. The van der Waals surface area contributed by atoms with Crippen molar-refractivity contribution in [3.63, 3.8) is 0 Å². The van der Waals surface area contributed by atoms with Crippen LogP contribution in [0.5, 0.6) is 0 Å². The second kappa shape index (κ2) is 11.1. The van der Waals surface area contributed by atoms with Gasteiger partial charge >= 0.3 is 247 Å². The summed E-state index contributed by atoms with van der Waals surface area (Å²) in [6.07, 6.45) is 0.462. The van der Waals surface area contributed by atoms with Crippen LogP contribution in [-0.4, -0.2) is 39.7 Å². The Bertz CT molecular complexity index is 1840. The molecule has 0 unspecified atom stereocenters. The second-order valence-corrected chi connectivity index (χ2v) is 12.5. The van der Waals surface area contributed by atoms with Crippen molar-refractivity contribution >= 4 is 45.7 Å². The number of esters is 2. The van der Waals surface area contributed by atoms with Gasteiger partial charge in [-0.15, -0.1) is 0 Å². The standard InChI is InChI=1S/C36H30O4Se/c1-4-39-34(37)36(35(38)40-5-2)21-28-26(20-19-24-14-8-6-9-15-24)30(25-16-10-7-11-17-25)31-27-18-12-13-23(3)32(27)41-33(31)29(28)22-36/h6-18H,4-5,21-22H2,1-3H3. The third-order valence-corrected chi connectivity index (χ3v) is 10.7.